The molecule has 0 fully saturated rings. The third kappa shape index (κ3) is 4.28. The van der Waals surface area contributed by atoms with Crippen molar-refractivity contribution in [1.82, 2.24) is 24.4 Å². The number of methoxy groups -OCH3 is 1. The monoisotopic (exact) mass is 459 g/mol. The Hall–Kier alpha value is -2.62. The zero-order valence-corrected chi connectivity index (χ0v) is 18.7. The first kappa shape index (κ1) is 20.6. The van der Waals surface area contributed by atoms with Gasteiger partial charge in [-0.1, -0.05) is 40.0 Å². The van der Waals surface area contributed by atoms with Crippen LogP contribution in [0.4, 0.5) is 0 Å². The summed E-state index contributed by atoms with van der Waals surface area (Å²) in [5.41, 5.74) is 2.49. The third-order valence-electron chi connectivity index (χ3n) is 4.23. The van der Waals surface area contributed by atoms with Gasteiger partial charge in [-0.2, -0.15) is 0 Å². The highest BCUT2D eigenvalue weighted by molar-refractivity contribution is 7.98. The smallest absolute Gasteiger partial charge is 0.196 e. The molecule has 0 aliphatic rings. The van der Waals surface area contributed by atoms with E-state index < -0.39 is 0 Å². The van der Waals surface area contributed by atoms with Gasteiger partial charge in [-0.3, -0.25) is 4.57 Å². The number of nitrogens with zero attached hydrogens (tertiary/aromatic N) is 5. The Balaban J connectivity index is 1.76. The van der Waals surface area contributed by atoms with E-state index in [4.69, 9.17) is 21.1 Å². The summed E-state index contributed by atoms with van der Waals surface area (Å²) < 4.78 is 17.6. The van der Waals surface area contributed by atoms with Crippen LogP contribution < -0.4 is 9.47 Å². The lowest BCUT2D eigenvalue weighted by molar-refractivity contribution is 0.340. The first-order chi connectivity index (χ1) is 14.7. The molecule has 0 N–H and O–H groups in total. The molecule has 10 heteroatoms. The van der Waals surface area contributed by atoms with Gasteiger partial charge >= 0.3 is 0 Å². The van der Waals surface area contributed by atoms with Crippen LogP contribution in [0.2, 0.25) is 4.34 Å². The maximum Gasteiger partial charge on any atom is 0.196 e. The van der Waals surface area contributed by atoms with Gasteiger partial charge in [-0.15, -0.1) is 15.3 Å². The van der Waals surface area contributed by atoms with E-state index in [1.54, 1.807) is 7.11 Å². The fraction of sp³-hybridized carbons (Fsp3) is 0.200. The van der Waals surface area contributed by atoms with E-state index in [2.05, 4.69) is 19.8 Å². The van der Waals surface area contributed by atoms with Crippen molar-refractivity contribution < 1.29 is 9.47 Å². The van der Waals surface area contributed by atoms with Gasteiger partial charge in [0, 0.05) is 17.3 Å². The SMILES string of the molecule is CCOc1ccc(-n2c(SCc3nnsc3Cl)nnc2-c2ccccc2OC)cc1. The van der Waals surface area contributed by atoms with Crippen LogP contribution in [-0.4, -0.2) is 38.1 Å². The summed E-state index contributed by atoms with van der Waals surface area (Å²) in [6.45, 7) is 2.57. The van der Waals surface area contributed by atoms with Crippen LogP contribution in [0.5, 0.6) is 11.5 Å². The van der Waals surface area contributed by atoms with E-state index >= 15 is 0 Å². The van der Waals surface area contributed by atoms with Gasteiger partial charge in [-0.05, 0) is 43.3 Å². The van der Waals surface area contributed by atoms with E-state index in [9.17, 15) is 0 Å². The second-order valence-electron chi connectivity index (χ2n) is 6.05. The summed E-state index contributed by atoms with van der Waals surface area (Å²) in [4.78, 5) is 0. The molecule has 0 amide bonds. The standard InChI is InChI=1S/C20H18ClN5O2S2/c1-3-28-14-10-8-13(9-11-14)26-19(15-6-4-5-7-17(15)27-2)23-24-20(26)29-12-16-18(21)30-25-22-16/h4-11H,3,12H2,1-2H3. The van der Waals surface area contributed by atoms with E-state index in [1.165, 1.54) is 23.3 Å². The van der Waals surface area contributed by atoms with E-state index in [0.29, 0.717) is 27.7 Å². The van der Waals surface area contributed by atoms with Gasteiger partial charge in [0.1, 0.15) is 21.5 Å². The Morgan fingerprint density at radius 1 is 1.07 bits per heavy atom. The maximum atomic E-state index is 6.16. The minimum absolute atomic E-state index is 0.538. The molecule has 0 saturated heterocycles. The van der Waals surface area contributed by atoms with Crippen molar-refractivity contribution in [3.05, 3.63) is 58.6 Å². The van der Waals surface area contributed by atoms with E-state index in [1.807, 2.05) is 60.0 Å². The largest absolute Gasteiger partial charge is 0.496 e. The molecule has 0 aliphatic heterocycles. The highest BCUT2D eigenvalue weighted by atomic mass is 35.5. The van der Waals surface area contributed by atoms with Gasteiger partial charge in [-0.25, -0.2) is 0 Å². The first-order valence-corrected chi connectivity index (χ1v) is 11.3. The number of hydrogen-bond donors (Lipinski definition) is 0. The van der Waals surface area contributed by atoms with Crippen LogP contribution in [0.3, 0.4) is 0 Å². The van der Waals surface area contributed by atoms with Crippen molar-refractivity contribution >= 4 is 34.9 Å². The fourth-order valence-corrected chi connectivity index (χ4v) is 4.56. The average molecular weight is 460 g/mol. The molecule has 4 aromatic rings. The molecule has 2 aromatic heterocycles. The van der Waals surface area contributed by atoms with Gasteiger partial charge in [0.25, 0.3) is 0 Å². The van der Waals surface area contributed by atoms with Crippen LogP contribution in [0.15, 0.2) is 53.7 Å². The van der Waals surface area contributed by atoms with Crippen molar-refractivity contribution in [3.8, 4) is 28.6 Å². The molecule has 0 atom stereocenters. The van der Waals surface area contributed by atoms with Gasteiger partial charge in [0.05, 0.1) is 25.0 Å². The number of para-hydroxylation sites is 1. The third-order valence-corrected chi connectivity index (χ3v) is 6.16. The molecule has 0 aliphatic carbocycles. The quantitative estimate of drug-likeness (QED) is 0.338. The molecule has 0 radical (unpaired) electrons. The Morgan fingerprint density at radius 3 is 2.57 bits per heavy atom. The zero-order valence-electron chi connectivity index (χ0n) is 16.3. The molecule has 0 bridgehead atoms. The number of benzene rings is 2. The van der Waals surface area contributed by atoms with Crippen LogP contribution >= 0.6 is 34.9 Å². The Bertz CT molecular complexity index is 1130. The molecule has 4 rings (SSSR count). The van der Waals surface area contributed by atoms with Crippen molar-refractivity contribution in [2.45, 2.75) is 17.8 Å². The molecule has 7 nitrogen and oxygen atoms in total. The van der Waals surface area contributed by atoms with Gasteiger partial charge in [0.15, 0.2) is 11.0 Å². The number of thioether (sulfide) groups is 1. The number of rotatable bonds is 8. The summed E-state index contributed by atoms with van der Waals surface area (Å²) in [7, 11) is 1.64. The number of halogens is 1. The zero-order chi connectivity index (χ0) is 20.9. The molecule has 30 heavy (non-hydrogen) atoms. The van der Waals surface area contributed by atoms with E-state index in [0.717, 1.165) is 28.4 Å². The second-order valence-corrected chi connectivity index (χ2v) is 8.35. The maximum absolute atomic E-state index is 6.16. The molecule has 2 aromatic carbocycles. The molecular weight excluding hydrogens is 442 g/mol. The molecule has 0 spiro atoms. The lowest BCUT2D eigenvalue weighted by Gasteiger charge is -2.13. The minimum atomic E-state index is 0.538. The molecular formula is C20H18ClN5O2S2. The predicted molar refractivity (Wildman–Crippen MR) is 119 cm³/mol. The lowest BCUT2D eigenvalue weighted by atomic mass is 10.2. The van der Waals surface area contributed by atoms with E-state index in [-0.39, 0.29) is 0 Å². The van der Waals surface area contributed by atoms with Gasteiger partial charge < -0.3 is 9.47 Å². The highest BCUT2D eigenvalue weighted by Crippen LogP contribution is 2.35. The summed E-state index contributed by atoms with van der Waals surface area (Å²) in [5.74, 6) is 2.75. The highest BCUT2D eigenvalue weighted by Gasteiger charge is 2.20. The van der Waals surface area contributed by atoms with Gasteiger partial charge in [0.2, 0.25) is 0 Å². The Kier molecular flexibility index (Phi) is 6.51. The fourth-order valence-electron chi connectivity index (χ4n) is 2.87. The normalized spacial score (nSPS) is 10.9. The molecule has 0 saturated carbocycles. The topological polar surface area (TPSA) is 75.0 Å². The number of hydrogen-bond acceptors (Lipinski definition) is 8. The van der Waals surface area contributed by atoms with Crippen LogP contribution in [0.25, 0.3) is 17.1 Å². The van der Waals surface area contributed by atoms with Crippen LogP contribution in [0, 0.1) is 0 Å². The van der Waals surface area contributed by atoms with Crippen molar-refractivity contribution in [2.75, 3.05) is 13.7 Å². The average Bonchev–Trinajstić information content (AvgIpc) is 3.39. The van der Waals surface area contributed by atoms with Crippen LogP contribution in [-0.2, 0) is 5.75 Å². The lowest BCUT2D eigenvalue weighted by Crippen LogP contribution is -2.01. The molecule has 154 valence electrons. The summed E-state index contributed by atoms with van der Waals surface area (Å²) in [6, 6.07) is 15.6. The van der Waals surface area contributed by atoms with Crippen molar-refractivity contribution in [1.29, 1.82) is 0 Å². The van der Waals surface area contributed by atoms with Crippen LogP contribution in [0.1, 0.15) is 12.6 Å². The Labute approximate surface area is 187 Å². The summed E-state index contributed by atoms with van der Waals surface area (Å²) >= 11 is 8.82. The predicted octanol–water partition coefficient (Wildman–Crippen LogP) is 5.14. The number of aromatic nitrogens is 5. The molecule has 2 heterocycles. The van der Waals surface area contributed by atoms with Crippen molar-refractivity contribution in [3.63, 3.8) is 0 Å². The first-order valence-electron chi connectivity index (χ1n) is 9.12. The second kappa shape index (κ2) is 9.46. The molecule has 0 unspecified atom stereocenters. The minimum Gasteiger partial charge on any atom is -0.496 e. The number of ether oxygens (including phenoxy) is 2. The Morgan fingerprint density at radius 2 is 1.87 bits per heavy atom. The summed E-state index contributed by atoms with van der Waals surface area (Å²) in [6.07, 6.45) is 0. The van der Waals surface area contributed by atoms with Crippen molar-refractivity contribution in [2.24, 2.45) is 0 Å². The summed E-state index contributed by atoms with van der Waals surface area (Å²) in [5, 5.41) is 13.7.